The Morgan fingerprint density at radius 2 is 2.42 bits per heavy atom. The normalized spacial score (nSPS) is 9.58. The number of hydrogen-bond donors (Lipinski definition) is 0. The first-order valence-corrected chi connectivity index (χ1v) is 4.21. The standard InChI is InChI=1S/C8H4N2OS/c9-1-6-3-12-4-7(6)8-2-10-5-11-8/h2-5H. The monoisotopic (exact) mass is 176 g/mol. The Hall–Kier alpha value is -1.60. The third-order valence-electron chi connectivity index (χ3n) is 1.48. The van der Waals surface area contributed by atoms with Crippen LogP contribution in [0.1, 0.15) is 5.56 Å². The van der Waals surface area contributed by atoms with Gasteiger partial charge in [0.05, 0.1) is 11.8 Å². The van der Waals surface area contributed by atoms with Crippen molar-refractivity contribution in [2.75, 3.05) is 0 Å². The van der Waals surface area contributed by atoms with Gasteiger partial charge >= 0.3 is 0 Å². The van der Waals surface area contributed by atoms with Crippen LogP contribution in [-0.4, -0.2) is 4.98 Å². The molecular weight excluding hydrogens is 172 g/mol. The average Bonchev–Trinajstić information content (AvgIpc) is 2.74. The first-order chi connectivity index (χ1) is 5.92. The van der Waals surface area contributed by atoms with E-state index in [0.717, 1.165) is 5.56 Å². The maximum absolute atomic E-state index is 8.70. The second-order valence-corrected chi connectivity index (χ2v) is 2.92. The van der Waals surface area contributed by atoms with Gasteiger partial charge in [0.15, 0.2) is 12.2 Å². The summed E-state index contributed by atoms with van der Waals surface area (Å²) in [6, 6.07) is 2.09. The van der Waals surface area contributed by atoms with Crippen LogP contribution in [-0.2, 0) is 0 Å². The molecule has 2 heterocycles. The first kappa shape index (κ1) is 7.07. The van der Waals surface area contributed by atoms with Crippen molar-refractivity contribution in [2.24, 2.45) is 0 Å². The van der Waals surface area contributed by atoms with E-state index in [1.165, 1.54) is 17.7 Å². The van der Waals surface area contributed by atoms with Gasteiger partial charge < -0.3 is 4.42 Å². The molecule has 0 fully saturated rings. The lowest BCUT2D eigenvalue weighted by Gasteiger charge is -1.88. The van der Waals surface area contributed by atoms with Gasteiger partial charge in [-0.15, -0.1) is 0 Å². The molecule has 0 saturated carbocycles. The van der Waals surface area contributed by atoms with Crippen LogP contribution in [0, 0.1) is 11.3 Å². The summed E-state index contributed by atoms with van der Waals surface area (Å²) in [5.41, 5.74) is 1.46. The van der Waals surface area contributed by atoms with Crippen molar-refractivity contribution in [3.63, 3.8) is 0 Å². The molecule has 0 radical (unpaired) electrons. The molecular formula is C8H4N2OS. The molecule has 12 heavy (non-hydrogen) atoms. The predicted octanol–water partition coefficient (Wildman–Crippen LogP) is 2.27. The van der Waals surface area contributed by atoms with E-state index < -0.39 is 0 Å². The van der Waals surface area contributed by atoms with Gasteiger partial charge in [0, 0.05) is 16.3 Å². The minimum absolute atomic E-state index is 0.636. The van der Waals surface area contributed by atoms with Crippen LogP contribution >= 0.6 is 11.3 Å². The molecule has 0 atom stereocenters. The Labute approximate surface area is 72.9 Å². The highest BCUT2D eigenvalue weighted by Gasteiger charge is 2.07. The number of hydrogen-bond acceptors (Lipinski definition) is 4. The lowest BCUT2D eigenvalue weighted by molar-refractivity contribution is 0.572. The molecule has 2 aromatic heterocycles. The van der Waals surface area contributed by atoms with Crippen LogP contribution < -0.4 is 0 Å². The van der Waals surface area contributed by atoms with Gasteiger partial charge in [0.1, 0.15) is 6.07 Å². The third-order valence-corrected chi connectivity index (χ3v) is 2.22. The summed E-state index contributed by atoms with van der Waals surface area (Å²) in [7, 11) is 0. The fourth-order valence-electron chi connectivity index (χ4n) is 0.923. The van der Waals surface area contributed by atoms with Gasteiger partial charge in [-0.05, 0) is 0 Å². The fourth-order valence-corrected chi connectivity index (χ4v) is 1.69. The first-order valence-electron chi connectivity index (χ1n) is 3.27. The predicted molar refractivity (Wildman–Crippen MR) is 44.5 cm³/mol. The van der Waals surface area contributed by atoms with E-state index in [1.54, 1.807) is 11.6 Å². The molecule has 0 unspecified atom stereocenters. The van der Waals surface area contributed by atoms with E-state index in [-0.39, 0.29) is 0 Å². The summed E-state index contributed by atoms with van der Waals surface area (Å²) in [4.78, 5) is 3.78. The molecule has 0 amide bonds. The Morgan fingerprint density at radius 3 is 3.08 bits per heavy atom. The Morgan fingerprint density at radius 1 is 1.50 bits per heavy atom. The van der Waals surface area contributed by atoms with Crippen molar-refractivity contribution in [1.82, 2.24) is 4.98 Å². The highest BCUT2D eigenvalue weighted by molar-refractivity contribution is 7.08. The maximum Gasteiger partial charge on any atom is 0.181 e. The van der Waals surface area contributed by atoms with Crippen molar-refractivity contribution in [3.05, 3.63) is 28.9 Å². The highest BCUT2D eigenvalue weighted by Crippen LogP contribution is 2.25. The number of thiophene rings is 1. The van der Waals surface area contributed by atoms with Crippen LogP contribution in [0.5, 0.6) is 0 Å². The van der Waals surface area contributed by atoms with Crippen LogP contribution in [0.15, 0.2) is 27.8 Å². The molecule has 2 aromatic rings. The maximum atomic E-state index is 8.70. The Kier molecular flexibility index (Phi) is 1.65. The quantitative estimate of drug-likeness (QED) is 0.669. The van der Waals surface area contributed by atoms with Gasteiger partial charge in [-0.3, -0.25) is 0 Å². The smallest absolute Gasteiger partial charge is 0.181 e. The molecule has 0 N–H and O–H groups in total. The van der Waals surface area contributed by atoms with Crippen molar-refractivity contribution in [1.29, 1.82) is 5.26 Å². The van der Waals surface area contributed by atoms with Gasteiger partial charge in [-0.1, -0.05) is 0 Å². The Balaban J connectivity index is 2.55. The number of oxazole rings is 1. The van der Waals surface area contributed by atoms with Crippen LogP contribution in [0.25, 0.3) is 11.3 Å². The molecule has 58 valence electrons. The van der Waals surface area contributed by atoms with E-state index in [0.29, 0.717) is 11.3 Å². The summed E-state index contributed by atoms with van der Waals surface area (Å²) in [6.45, 7) is 0. The molecule has 0 aliphatic rings. The number of nitriles is 1. The minimum Gasteiger partial charge on any atom is -0.443 e. The topological polar surface area (TPSA) is 49.8 Å². The highest BCUT2D eigenvalue weighted by atomic mass is 32.1. The van der Waals surface area contributed by atoms with Crippen LogP contribution in [0.2, 0.25) is 0 Å². The molecule has 0 aliphatic carbocycles. The summed E-state index contributed by atoms with van der Waals surface area (Å²) < 4.78 is 5.06. The zero-order valence-electron chi connectivity index (χ0n) is 6.02. The van der Waals surface area contributed by atoms with Crippen LogP contribution in [0.4, 0.5) is 0 Å². The molecule has 0 bridgehead atoms. The van der Waals surface area contributed by atoms with Gasteiger partial charge in [-0.2, -0.15) is 16.6 Å². The second-order valence-electron chi connectivity index (χ2n) is 2.18. The third kappa shape index (κ3) is 1.00. The number of rotatable bonds is 1. The molecule has 2 rings (SSSR count). The fraction of sp³-hybridized carbons (Fsp3) is 0. The van der Waals surface area contributed by atoms with Crippen LogP contribution in [0.3, 0.4) is 0 Å². The number of nitrogens with zero attached hydrogens (tertiary/aromatic N) is 2. The summed E-state index contributed by atoms with van der Waals surface area (Å²) in [6.07, 6.45) is 2.96. The molecule has 0 aromatic carbocycles. The van der Waals surface area contributed by atoms with Crippen molar-refractivity contribution < 1.29 is 4.42 Å². The SMILES string of the molecule is N#Cc1cscc1-c1cnco1. The zero-order valence-corrected chi connectivity index (χ0v) is 6.84. The van der Waals surface area contributed by atoms with Crippen molar-refractivity contribution in [2.45, 2.75) is 0 Å². The average molecular weight is 176 g/mol. The molecule has 4 heteroatoms. The summed E-state index contributed by atoms with van der Waals surface area (Å²) >= 11 is 1.48. The lowest BCUT2D eigenvalue weighted by Crippen LogP contribution is -1.72. The van der Waals surface area contributed by atoms with Crippen molar-refractivity contribution >= 4 is 11.3 Å². The molecule has 0 saturated heterocycles. The Bertz CT molecular complexity index is 410. The second kappa shape index (κ2) is 2.80. The van der Waals surface area contributed by atoms with E-state index in [1.807, 2.05) is 5.38 Å². The van der Waals surface area contributed by atoms with Crippen molar-refractivity contribution in [3.8, 4) is 17.4 Å². The van der Waals surface area contributed by atoms with Gasteiger partial charge in [0.2, 0.25) is 0 Å². The molecule has 3 nitrogen and oxygen atoms in total. The molecule has 0 aliphatic heterocycles. The van der Waals surface area contributed by atoms with E-state index in [4.69, 9.17) is 9.68 Å². The lowest BCUT2D eigenvalue weighted by atomic mass is 10.2. The minimum atomic E-state index is 0.636. The zero-order chi connectivity index (χ0) is 8.39. The van der Waals surface area contributed by atoms with Gasteiger partial charge in [-0.25, -0.2) is 4.98 Å². The van der Waals surface area contributed by atoms with E-state index in [2.05, 4.69) is 11.1 Å². The summed E-state index contributed by atoms with van der Waals surface area (Å²) in [5, 5.41) is 12.4. The largest absolute Gasteiger partial charge is 0.443 e. The molecule has 0 spiro atoms. The van der Waals surface area contributed by atoms with Gasteiger partial charge in [0.25, 0.3) is 0 Å². The van der Waals surface area contributed by atoms with E-state index in [9.17, 15) is 0 Å². The summed E-state index contributed by atoms with van der Waals surface area (Å²) in [5.74, 6) is 0.646. The van der Waals surface area contributed by atoms with E-state index >= 15 is 0 Å². The number of aromatic nitrogens is 1.